The van der Waals surface area contributed by atoms with Crippen molar-refractivity contribution < 1.29 is 9.90 Å². The van der Waals surface area contributed by atoms with E-state index in [0.717, 1.165) is 19.3 Å². The molecular weight excluding hydrogens is 240 g/mol. The third kappa shape index (κ3) is 2.80. The van der Waals surface area contributed by atoms with Crippen molar-refractivity contribution in [2.45, 2.75) is 35.6 Å². The molecule has 0 radical (unpaired) electrons. The number of carbonyl (C=O) groups is 1. The first-order valence-corrected chi connectivity index (χ1v) is 7.35. The van der Waals surface area contributed by atoms with E-state index in [-0.39, 0.29) is 11.2 Å². The molecule has 0 saturated heterocycles. The highest BCUT2D eigenvalue weighted by atomic mass is 32.2. The molecule has 88 valence electrons. The van der Waals surface area contributed by atoms with Crippen LogP contribution in [0.2, 0.25) is 0 Å². The van der Waals surface area contributed by atoms with Gasteiger partial charge in [-0.1, -0.05) is 13.0 Å². The zero-order chi connectivity index (χ0) is 11.5. The number of thioether (sulfide) groups is 1. The first-order valence-electron chi connectivity index (χ1n) is 5.60. The van der Waals surface area contributed by atoms with Crippen molar-refractivity contribution in [2.24, 2.45) is 11.8 Å². The Morgan fingerprint density at radius 3 is 3.00 bits per heavy atom. The summed E-state index contributed by atoms with van der Waals surface area (Å²) in [4.78, 5) is 11.2. The second-order valence-electron chi connectivity index (χ2n) is 4.45. The number of rotatable bonds is 3. The van der Waals surface area contributed by atoms with Gasteiger partial charge in [-0.25, -0.2) is 0 Å². The average Bonchev–Trinajstić information content (AvgIpc) is 2.70. The summed E-state index contributed by atoms with van der Waals surface area (Å²) < 4.78 is 1.24. The maximum atomic E-state index is 11.2. The Morgan fingerprint density at radius 2 is 2.38 bits per heavy atom. The van der Waals surface area contributed by atoms with Crippen molar-refractivity contribution in [3.05, 3.63) is 17.5 Å². The molecule has 2 nitrogen and oxygen atoms in total. The molecule has 3 atom stereocenters. The van der Waals surface area contributed by atoms with E-state index in [9.17, 15) is 9.90 Å². The van der Waals surface area contributed by atoms with Crippen LogP contribution in [0.4, 0.5) is 0 Å². The number of carboxylic acids is 1. The Hall–Kier alpha value is -0.480. The first kappa shape index (κ1) is 12.0. The Morgan fingerprint density at radius 1 is 1.56 bits per heavy atom. The van der Waals surface area contributed by atoms with Gasteiger partial charge in [0.15, 0.2) is 0 Å². The second-order valence-corrected chi connectivity index (χ2v) is 6.94. The van der Waals surface area contributed by atoms with Crippen LogP contribution in [0.5, 0.6) is 0 Å². The zero-order valence-electron chi connectivity index (χ0n) is 9.26. The molecule has 1 N–H and O–H groups in total. The minimum absolute atomic E-state index is 0.164. The highest BCUT2D eigenvalue weighted by molar-refractivity contribution is 8.01. The third-order valence-electron chi connectivity index (χ3n) is 3.13. The molecule has 4 heteroatoms. The van der Waals surface area contributed by atoms with E-state index in [1.165, 1.54) is 4.21 Å². The summed E-state index contributed by atoms with van der Waals surface area (Å²) in [7, 11) is 0. The van der Waals surface area contributed by atoms with Gasteiger partial charge in [0.1, 0.15) is 0 Å². The Labute approximate surface area is 104 Å². The molecule has 1 aromatic rings. The predicted molar refractivity (Wildman–Crippen MR) is 68.1 cm³/mol. The summed E-state index contributed by atoms with van der Waals surface area (Å²) in [5.74, 6) is -0.127. The largest absolute Gasteiger partial charge is 0.481 e. The van der Waals surface area contributed by atoms with Gasteiger partial charge >= 0.3 is 5.97 Å². The van der Waals surface area contributed by atoms with Crippen LogP contribution in [0, 0.1) is 11.8 Å². The topological polar surface area (TPSA) is 37.3 Å². The molecule has 1 aromatic heterocycles. The molecule has 1 fully saturated rings. The maximum absolute atomic E-state index is 11.2. The predicted octanol–water partition coefficient (Wildman–Crippen LogP) is 3.73. The monoisotopic (exact) mass is 256 g/mol. The molecule has 0 spiro atoms. The van der Waals surface area contributed by atoms with Crippen LogP contribution in [-0.2, 0) is 4.79 Å². The third-order valence-corrected chi connectivity index (χ3v) is 5.56. The fraction of sp³-hybridized carbons (Fsp3) is 0.583. The van der Waals surface area contributed by atoms with Crippen LogP contribution < -0.4 is 0 Å². The van der Waals surface area contributed by atoms with Gasteiger partial charge in [0, 0.05) is 5.25 Å². The fourth-order valence-electron chi connectivity index (χ4n) is 2.22. The van der Waals surface area contributed by atoms with Crippen molar-refractivity contribution >= 4 is 29.1 Å². The molecular formula is C12H16O2S2. The van der Waals surface area contributed by atoms with Crippen LogP contribution in [-0.4, -0.2) is 16.3 Å². The van der Waals surface area contributed by atoms with Gasteiger partial charge in [-0.05, 0) is 36.6 Å². The number of hydrogen-bond donors (Lipinski definition) is 1. The van der Waals surface area contributed by atoms with Gasteiger partial charge < -0.3 is 5.11 Å². The number of aliphatic carboxylic acids is 1. The molecule has 0 bridgehead atoms. The Balaban J connectivity index is 2.05. The van der Waals surface area contributed by atoms with E-state index in [1.807, 2.05) is 11.4 Å². The van der Waals surface area contributed by atoms with Crippen molar-refractivity contribution in [1.29, 1.82) is 0 Å². The molecule has 2 rings (SSSR count). The second kappa shape index (κ2) is 5.23. The molecule has 1 heterocycles. The van der Waals surface area contributed by atoms with Gasteiger partial charge in [0.25, 0.3) is 0 Å². The van der Waals surface area contributed by atoms with Crippen molar-refractivity contribution in [3.63, 3.8) is 0 Å². The molecule has 1 aliphatic rings. The summed E-state index contributed by atoms with van der Waals surface area (Å²) >= 11 is 3.45. The first-order chi connectivity index (χ1) is 7.66. The molecule has 0 aliphatic heterocycles. The molecule has 3 unspecified atom stereocenters. The van der Waals surface area contributed by atoms with Crippen molar-refractivity contribution in [3.8, 4) is 0 Å². The van der Waals surface area contributed by atoms with E-state index >= 15 is 0 Å². The maximum Gasteiger partial charge on any atom is 0.307 e. The number of carboxylic acid groups (broad SMARTS) is 1. The molecule has 0 aromatic carbocycles. The van der Waals surface area contributed by atoms with E-state index in [4.69, 9.17) is 0 Å². The van der Waals surface area contributed by atoms with Gasteiger partial charge in [-0.3, -0.25) is 4.79 Å². The average molecular weight is 256 g/mol. The zero-order valence-corrected chi connectivity index (χ0v) is 10.9. The Bertz CT molecular complexity index is 348. The number of hydrogen-bond acceptors (Lipinski definition) is 3. The molecule has 1 saturated carbocycles. The van der Waals surface area contributed by atoms with E-state index < -0.39 is 5.97 Å². The lowest BCUT2D eigenvalue weighted by Crippen LogP contribution is -2.31. The highest BCUT2D eigenvalue weighted by Gasteiger charge is 2.34. The van der Waals surface area contributed by atoms with E-state index in [0.29, 0.717) is 5.92 Å². The molecule has 0 amide bonds. The van der Waals surface area contributed by atoms with Gasteiger partial charge in [0.05, 0.1) is 10.1 Å². The van der Waals surface area contributed by atoms with Crippen molar-refractivity contribution in [1.82, 2.24) is 0 Å². The van der Waals surface area contributed by atoms with Crippen LogP contribution in [0.25, 0.3) is 0 Å². The summed E-state index contributed by atoms with van der Waals surface area (Å²) in [5, 5.41) is 11.5. The Kier molecular flexibility index (Phi) is 3.92. The quantitative estimate of drug-likeness (QED) is 0.895. The molecule has 16 heavy (non-hydrogen) atoms. The minimum Gasteiger partial charge on any atom is -0.481 e. The van der Waals surface area contributed by atoms with Gasteiger partial charge in [-0.2, -0.15) is 0 Å². The lowest BCUT2D eigenvalue weighted by molar-refractivity contribution is -0.142. The smallest absolute Gasteiger partial charge is 0.307 e. The lowest BCUT2D eigenvalue weighted by Gasteiger charge is -2.31. The summed E-state index contributed by atoms with van der Waals surface area (Å²) in [6.45, 7) is 2.22. The van der Waals surface area contributed by atoms with Crippen LogP contribution in [0.15, 0.2) is 21.7 Å². The molecule has 1 aliphatic carbocycles. The SMILES string of the molecule is CC1CCC(C(=O)O)C(Sc2cccs2)C1. The fourth-order valence-corrected chi connectivity index (χ4v) is 4.73. The summed E-state index contributed by atoms with van der Waals surface area (Å²) in [6, 6.07) is 4.10. The minimum atomic E-state index is -0.624. The normalized spacial score (nSPS) is 30.2. The van der Waals surface area contributed by atoms with Crippen molar-refractivity contribution in [2.75, 3.05) is 0 Å². The van der Waals surface area contributed by atoms with Gasteiger partial charge in [-0.15, -0.1) is 23.1 Å². The van der Waals surface area contributed by atoms with Crippen LogP contribution in [0.3, 0.4) is 0 Å². The summed E-state index contributed by atoms with van der Waals surface area (Å²) in [5.41, 5.74) is 0. The van der Waals surface area contributed by atoms with E-state index in [2.05, 4.69) is 13.0 Å². The lowest BCUT2D eigenvalue weighted by atomic mass is 9.82. The van der Waals surface area contributed by atoms with Crippen LogP contribution in [0.1, 0.15) is 26.2 Å². The standard InChI is InChI=1S/C12H16O2S2/c1-8-4-5-9(12(13)14)10(7-8)16-11-3-2-6-15-11/h2-3,6,8-10H,4-5,7H2,1H3,(H,13,14). The van der Waals surface area contributed by atoms with E-state index in [1.54, 1.807) is 23.1 Å². The van der Waals surface area contributed by atoms with Gasteiger partial charge in [0.2, 0.25) is 0 Å². The number of thiophene rings is 1. The highest BCUT2D eigenvalue weighted by Crippen LogP contribution is 2.41. The van der Waals surface area contributed by atoms with Crippen LogP contribution >= 0.6 is 23.1 Å². The summed E-state index contributed by atoms with van der Waals surface area (Å²) in [6.07, 6.45) is 2.91.